The average Bonchev–Trinajstić information content (AvgIpc) is 3.19. The molecule has 0 unspecified atom stereocenters. The van der Waals surface area contributed by atoms with Crippen LogP contribution in [-0.4, -0.2) is 18.0 Å². The predicted molar refractivity (Wildman–Crippen MR) is 111 cm³/mol. The summed E-state index contributed by atoms with van der Waals surface area (Å²) >= 11 is 1.49. The van der Waals surface area contributed by atoms with Crippen molar-refractivity contribution < 1.29 is 27.1 Å². The number of nitrogens with zero attached hydrogens (tertiary/aromatic N) is 1. The molecule has 0 spiro atoms. The van der Waals surface area contributed by atoms with Gasteiger partial charge in [-0.1, -0.05) is 12.1 Å². The quantitative estimate of drug-likeness (QED) is 0.305. The highest BCUT2D eigenvalue weighted by molar-refractivity contribution is 7.21. The summed E-state index contributed by atoms with van der Waals surface area (Å²) in [6, 6.07) is 12.6. The first-order valence-electron chi connectivity index (χ1n) is 8.99. The number of carbonyl (C=O) groups excluding carboxylic acids is 1. The molecule has 4 aromatic rings. The molecule has 1 heterocycles. The minimum absolute atomic E-state index is 0.227. The maximum Gasteiger partial charge on any atom is 0.261 e. The highest BCUT2D eigenvalue weighted by Crippen LogP contribution is 2.33. The Morgan fingerprint density at radius 2 is 1.68 bits per heavy atom. The van der Waals surface area contributed by atoms with Crippen molar-refractivity contribution in [2.75, 3.05) is 12.4 Å². The lowest BCUT2D eigenvalue weighted by molar-refractivity contribution is 0.101. The molecule has 0 saturated heterocycles. The maximum atomic E-state index is 14.2. The van der Waals surface area contributed by atoms with Crippen LogP contribution in [0.4, 0.5) is 23.2 Å². The second-order valence-electron chi connectivity index (χ2n) is 6.63. The number of anilines is 1. The lowest BCUT2D eigenvalue weighted by Gasteiger charge is -2.13. The largest absolute Gasteiger partial charge is 0.491 e. The third kappa shape index (κ3) is 3.61. The van der Waals surface area contributed by atoms with E-state index >= 15 is 0 Å². The van der Waals surface area contributed by atoms with Crippen LogP contribution in [0.15, 0.2) is 42.5 Å². The molecule has 1 aromatic heterocycles. The minimum Gasteiger partial charge on any atom is -0.491 e. The topological polar surface area (TPSA) is 51.2 Å². The summed E-state index contributed by atoms with van der Waals surface area (Å²) in [7, 11) is 0.858. The molecule has 0 aliphatic heterocycles. The Bertz CT molecular complexity index is 1270. The van der Waals surface area contributed by atoms with Gasteiger partial charge in [0.2, 0.25) is 11.6 Å². The Kier molecular flexibility index (Phi) is 5.36. The van der Waals surface area contributed by atoms with E-state index in [0.29, 0.717) is 5.56 Å². The first-order valence-corrected chi connectivity index (χ1v) is 9.81. The number of ether oxygens (including phenoxy) is 1. The number of nitrogens with one attached hydrogen (secondary N) is 1. The molecule has 3 aromatic carbocycles. The lowest BCUT2D eigenvalue weighted by atomic mass is 10.1. The number of fused-ring (bicyclic) bond motifs is 1. The van der Waals surface area contributed by atoms with E-state index < -0.39 is 40.5 Å². The highest BCUT2D eigenvalue weighted by Gasteiger charge is 2.30. The Labute approximate surface area is 178 Å². The fraction of sp³-hybridized carbons (Fsp3) is 0.0909. The molecule has 4 nitrogen and oxygen atoms in total. The molecular formula is C22H14F4N2O2S. The minimum atomic E-state index is -1.84. The number of aromatic nitrogens is 1. The third-order valence-electron chi connectivity index (χ3n) is 4.67. The fourth-order valence-electron chi connectivity index (χ4n) is 3.11. The van der Waals surface area contributed by atoms with E-state index in [9.17, 15) is 22.4 Å². The highest BCUT2D eigenvalue weighted by atomic mass is 32.1. The van der Waals surface area contributed by atoms with Gasteiger partial charge in [0.15, 0.2) is 17.4 Å². The van der Waals surface area contributed by atoms with Gasteiger partial charge in [-0.05, 0) is 42.8 Å². The van der Waals surface area contributed by atoms with Crippen LogP contribution in [0.2, 0.25) is 0 Å². The Hall–Kier alpha value is -3.46. The molecular weight excluding hydrogens is 432 g/mol. The number of carbonyl (C=O) groups is 1. The molecule has 0 bridgehead atoms. The predicted octanol–water partition coefficient (Wildman–Crippen LogP) is 6.09. The summed E-state index contributed by atoms with van der Waals surface area (Å²) in [4.78, 5) is 17.0. The van der Waals surface area contributed by atoms with Crippen molar-refractivity contribution in [3.63, 3.8) is 0 Å². The molecule has 158 valence electrons. The van der Waals surface area contributed by atoms with E-state index in [1.54, 1.807) is 19.1 Å². The fourth-order valence-corrected chi connectivity index (χ4v) is 4.07. The molecule has 0 atom stereocenters. The van der Waals surface area contributed by atoms with Gasteiger partial charge in [-0.25, -0.2) is 13.8 Å². The number of rotatable bonds is 4. The van der Waals surface area contributed by atoms with E-state index in [-0.39, 0.29) is 5.69 Å². The molecule has 0 saturated carbocycles. The van der Waals surface area contributed by atoms with Crippen molar-refractivity contribution in [3.8, 4) is 16.3 Å². The van der Waals surface area contributed by atoms with Crippen LogP contribution in [-0.2, 0) is 0 Å². The molecule has 1 amide bonds. The van der Waals surface area contributed by atoms with Crippen molar-refractivity contribution >= 4 is 33.1 Å². The van der Waals surface area contributed by atoms with Gasteiger partial charge in [0.1, 0.15) is 10.6 Å². The summed E-state index contributed by atoms with van der Waals surface area (Å²) in [5.41, 5.74) is 1.07. The van der Waals surface area contributed by atoms with E-state index in [4.69, 9.17) is 0 Å². The van der Waals surface area contributed by atoms with Gasteiger partial charge >= 0.3 is 0 Å². The van der Waals surface area contributed by atoms with Gasteiger partial charge in [-0.15, -0.1) is 11.3 Å². The molecule has 0 radical (unpaired) electrons. The molecule has 31 heavy (non-hydrogen) atoms. The molecule has 4 rings (SSSR count). The normalized spacial score (nSPS) is 11.0. The number of para-hydroxylation sites is 1. The van der Waals surface area contributed by atoms with Gasteiger partial charge in [0.05, 0.1) is 17.3 Å². The third-order valence-corrected chi connectivity index (χ3v) is 5.76. The Morgan fingerprint density at radius 3 is 2.29 bits per heavy atom. The van der Waals surface area contributed by atoms with Gasteiger partial charge in [-0.2, -0.15) is 8.78 Å². The Morgan fingerprint density at radius 1 is 1.00 bits per heavy atom. The monoisotopic (exact) mass is 446 g/mol. The van der Waals surface area contributed by atoms with Gasteiger partial charge in [0, 0.05) is 11.3 Å². The number of halogens is 4. The number of hydrogen-bond acceptors (Lipinski definition) is 4. The van der Waals surface area contributed by atoms with Gasteiger partial charge in [-0.3, -0.25) is 4.79 Å². The summed E-state index contributed by atoms with van der Waals surface area (Å²) in [6.07, 6.45) is 0. The van der Waals surface area contributed by atoms with E-state index in [1.165, 1.54) is 17.4 Å². The van der Waals surface area contributed by atoms with Crippen LogP contribution in [0.25, 0.3) is 20.8 Å². The van der Waals surface area contributed by atoms with E-state index in [1.807, 2.05) is 24.3 Å². The van der Waals surface area contributed by atoms with Crippen molar-refractivity contribution in [1.29, 1.82) is 0 Å². The van der Waals surface area contributed by atoms with Gasteiger partial charge in [0.25, 0.3) is 5.91 Å². The standard InChI is InChI=1S/C22H14F4N2O2S/c1-10-9-11(22-28-13-5-3-4-6-14(13)31-22)7-8-12(10)27-21(29)15-16(23)18(25)20(30-2)19(26)17(15)24/h3-9H,1-2H3,(H,27,29). The van der Waals surface area contributed by atoms with Crippen LogP contribution in [0.1, 0.15) is 15.9 Å². The molecule has 0 fully saturated rings. The molecule has 0 aliphatic rings. The summed E-state index contributed by atoms with van der Waals surface area (Å²) < 4.78 is 61.6. The first-order chi connectivity index (χ1) is 14.8. The molecule has 1 N–H and O–H groups in total. The van der Waals surface area contributed by atoms with Crippen LogP contribution in [0.3, 0.4) is 0 Å². The zero-order valence-electron chi connectivity index (χ0n) is 16.2. The summed E-state index contributed by atoms with van der Waals surface area (Å²) in [5, 5.41) is 3.06. The number of thiazole rings is 1. The number of amides is 1. The van der Waals surface area contributed by atoms with Crippen molar-refractivity contribution in [2.24, 2.45) is 0 Å². The Balaban J connectivity index is 1.65. The number of benzene rings is 3. The second kappa shape index (κ2) is 7.99. The average molecular weight is 446 g/mol. The van der Waals surface area contributed by atoms with E-state index in [0.717, 1.165) is 27.9 Å². The lowest BCUT2D eigenvalue weighted by Crippen LogP contribution is -2.19. The number of methoxy groups -OCH3 is 1. The maximum absolute atomic E-state index is 14.2. The van der Waals surface area contributed by atoms with Gasteiger partial charge < -0.3 is 10.1 Å². The zero-order valence-corrected chi connectivity index (χ0v) is 17.0. The second-order valence-corrected chi connectivity index (χ2v) is 7.67. The smallest absolute Gasteiger partial charge is 0.261 e. The van der Waals surface area contributed by atoms with Crippen LogP contribution < -0.4 is 10.1 Å². The SMILES string of the molecule is COc1c(F)c(F)c(C(=O)Nc2ccc(-c3nc4ccccc4s3)cc2C)c(F)c1F. The van der Waals surface area contributed by atoms with Crippen molar-refractivity contribution in [3.05, 3.63) is 76.9 Å². The van der Waals surface area contributed by atoms with Crippen LogP contribution >= 0.6 is 11.3 Å². The van der Waals surface area contributed by atoms with Crippen molar-refractivity contribution in [2.45, 2.75) is 6.92 Å². The van der Waals surface area contributed by atoms with Crippen LogP contribution in [0.5, 0.6) is 5.75 Å². The first kappa shape index (κ1) is 20.8. The summed E-state index contributed by atoms with van der Waals surface area (Å²) in [5.74, 6) is -9.80. The molecule has 0 aliphatic carbocycles. The van der Waals surface area contributed by atoms with Crippen LogP contribution in [0, 0.1) is 30.2 Å². The number of aryl methyl sites for hydroxylation is 1. The van der Waals surface area contributed by atoms with E-state index in [2.05, 4.69) is 15.0 Å². The zero-order chi connectivity index (χ0) is 22.3. The van der Waals surface area contributed by atoms with Crippen molar-refractivity contribution in [1.82, 2.24) is 4.98 Å². The molecule has 9 heteroatoms. The summed E-state index contributed by atoms with van der Waals surface area (Å²) in [6.45, 7) is 1.67. The number of hydrogen-bond donors (Lipinski definition) is 1.